The van der Waals surface area contributed by atoms with Crippen LogP contribution in [0.1, 0.15) is 25.7 Å². The van der Waals surface area contributed by atoms with Gasteiger partial charge in [-0.2, -0.15) is 8.78 Å². The predicted molar refractivity (Wildman–Crippen MR) is 98.4 cm³/mol. The highest BCUT2D eigenvalue weighted by Gasteiger charge is 2.42. The van der Waals surface area contributed by atoms with Crippen LogP contribution in [0.25, 0.3) is 0 Å². The third-order valence-electron chi connectivity index (χ3n) is 5.33. The molecule has 0 spiro atoms. The largest absolute Gasteiger partial charge is 0.435 e. The lowest BCUT2D eigenvalue weighted by atomic mass is 9.90. The molecule has 2 heterocycles. The fraction of sp³-hybridized carbons (Fsp3) is 0.579. The molecule has 2 aliphatic rings. The summed E-state index contributed by atoms with van der Waals surface area (Å²) in [6, 6.07) is 5.27. The first-order valence-corrected chi connectivity index (χ1v) is 9.38. The first-order chi connectivity index (χ1) is 13.4. The summed E-state index contributed by atoms with van der Waals surface area (Å²) in [5.74, 6) is -0.458. The molecule has 3 rings (SSSR count). The van der Waals surface area contributed by atoms with E-state index in [0.717, 1.165) is 0 Å². The molecule has 2 aliphatic heterocycles. The number of carbonyl (C=O) groups is 2. The van der Waals surface area contributed by atoms with Gasteiger partial charge in [0.25, 0.3) is 5.91 Å². The molecule has 2 amide bonds. The van der Waals surface area contributed by atoms with Gasteiger partial charge < -0.3 is 25.0 Å². The van der Waals surface area contributed by atoms with E-state index in [-0.39, 0.29) is 17.6 Å². The number of piperidine rings is 2. The molecular weight excluding hydrogens is 372 g/mol. The molecule has 2 N–H and O–H groups in total. The van der Waals surface area contributed by atoms with Crippen LogP contribution < -0.4 is 20.3 Å². The number of anilines is 1. The van der Waals surface area contributed by atoms with E-state index >= 15 is 0 Å². The molecule has 0 aliphatic carbocycles. The van der Waals surface area contributed by atoms with Crippen molar-refractivity contribution in [2.24, 2.45) is 0 Å². The molecule has 154 valence electrons. The number of nitrogens with one attached hydrogen (secondary N) is 2. The average molecular weight is 397 g/mol. The number of carbonyl (C=O) groups excluding carboxylic acids is 2. The Balaban J connectivity index is 1.67. The van der Waals surface area contributed by atoms with Crippen molar-refractivity contribution in [3.63, 3.8) is 0 Å². The van der Waals surface area contributed by atoms with E-state index in [0.29, 0.717) is 51.0 Å². The minimum absolute atomic E-state index is 0.0287. The average Bonchev–Trinajstić information content (AvgIpc) is 2.70. The summed E-state index contributed by atoms with van der Waals surface area (Å²) >= 11 is 0. The van der Waals surface area contributed by atoms with Crippen molar-refractivity contribution in [2.75, 3.05) is 31.6 Å². The molecule has 9 heteroatoms. The van der Waals surface area contributed by atoms with Crippen LogP contribution in [0, 0.1) is 0 Å². The Morgan fingerprint density at radius 2 is 1.96 bits per heavy atom. The van der Waals surface area contributed by atoms with Gasteiger partial charge in [0.05, 0.1) is 0 Å². The molecule has 1 atom stereocenters. The Bertz CT molecular complexity index is 693. The van der Waals surface area contributed by atoms with Gasteiger partial charge in [0.2, 0.25) is 5.91 Å². The van der Waals surface area contributed by atoms with Gasteiger partial charge in [-0.25, -0.2) is 0 Å². The zero-order chi connectivity index (χ0) is 20.1. The molecular formula is C19H25F2N3O4. The highest BCUT2D eigenvalue weighted by Crippen LogP contribution is 2.26. The van der Waals surface area contributed by atoms with Gasteiger partial charge in [0, 0.05) is 19.3 Å². The number of rotatable bonds is 6. The lowest BCUT2D eigenvalue weighted by molar-refractivity contribution is -0.149. The number of alkyl halides is 2. The van der Waals surface area contributed by atoms with E-state index in [1.165, 1.54) is 19.2 Å². The maximum atomic E-state index is 12.9. The van der Waals surface area contributed by atoms with Crippen LogP contribution in [-0.4, -0.2) is 56.8 Å². The molecule has 1 unspecified atom stereocenters. The monoisotopic (exact) mass is 397 g/mol. The van der Waals surface area contributed by atoms with Gasteiger partial charge in [-0.3, -0.25) is 9.59 Å². The highest BCUT2D eigenvalue weighted by molar-refractivity contribution is 6.00. The van der Waals surface area contributed by atoms with E-state index < -0.39 is 18.3 Å². The Hall–Kier alpha value is -2.26. The molecule has 28 heavy (non-hydrogen) atoms. The van der Waals surface area contributed by atoms with Gasteiger partial charge in [0.1, 0.15) is 17.4 Å². The van der Waals surface area contributed by atoms with E-state index in [9.17, 15) is 18.4 Å². The van der Waals surface area contributed by atoms with Crippen LogP contribution >= 0.6 is 0 Å². The molecule has 0 bridgehead atoms. The summed E-state index contributed by atoms with van der Waals surface area (Å²) in [6.07, 6.45) is 2.36. The van der Waals surface area contributed by atoms with Crippen molar-refractivity contribution >= 4 is 17.5 Å². The molecule has 2 saturated heterocycles. The number of benzene rings is 1. The van der Waals surface area contributed by atoms with Gasteiger partial charge >= 0.3 is 6.61 Å². The molecule has 2 fully saturated rings. The minimum Gasteiger partial charge on any atom is -0.435 e. The molecule has 1 aromatic carbocycles. The molecule has 0 aromatic heterocycles. The highest BCUT2D eigenvalue weighted by atomic mass is 19.3. The summed E-state index contributed by atoms with van der Waals surface area (Å²) in [5.41, 5.74) is -0.337. The summed E-state index contributed by atoms with van der Waals surface area (Å²) < 4.78 is 34.4. The summed E-state index contributed by atoms with van der Waals surface area (Å²) in [7, 11) is 1.52. The zero-order valence-corrected chi connectivity index (χ0v) is 15.7. The number of ether oxygens (including phenoxy) is 2. The van der Waals surface area contributed by atoms with E-state index in [4.69, 9.17) is 4.74 Å². The van der Waals surface area contributed by atoms with Gasteiger partial charge in [0.15, 0.2) is 0 Å². The number of nitrogens with zero attached hydrogens (tertiary/aromatic N) is 1. The van der Waals surface area contributed by atoms with E-state index in [2.05, 4.69) is 15.4 Å². The van der Waals surface area contributed by atoms with Crippen LogP contribution in [0.3, 0.4) is 0 Å². The van der Waals surface area contributed by atoms with Gasteiger partial charge in [-0.15, -0.1) is 0 Å². The first kappa shape index (κ1) is 20.5. The topological polar surface area (TPSA) is 79.9 Å². The Morgan fingerprint density at radius 1 is 1.29 bits per heavy atom. The van der Waals surface area contributed by atoms with Crippen LogP contribution in [0.2, 0.25) is 0 Å². The lowest BCUT2D eigenvalue weighted by Crippen LogP contribution is -2.60. The normalized spacial score (nSPS) is 22.2. The zero-order valence-electron chi connectivity index (χ0n) is 15.7. The second-order valence-electron chi connectivity index (χ2n) is 6.98. The maximum absolute atomic E-state index is 12.9. The van der Waals surface area contributed by atoms with E-state index in [1.54, 1.807) is 17.0 Å². The quantitative estimate of drug-likeness (QED) is 0.763. The number of amides is 2. The number of methoxy groups -OCH3 is 1. The van der Waals surface area contributed by atoms with E-state index in [1.807, 2.05) is 0 Å². The first-order valence-electron chi connectivity index (χ1n) is 9.38. The minimum atomic E-state index is -2.90. The van der Waals surface area contributed by atoms with Gasteiger partial charge in [-0.1, -0.05) is 0 Å². The van der Waals surface area contributed by atoms with Crippen LogP contribution in [0.4, 0.5) is 14.5 Å². The van der Waals surface area contributed by atoms with Crippen molar-refractivity contribution < 1.29 is 27.8 Å². The fourth-order valence-electron chi connectivity index (χ4n) is 3.72. The van der Waals surface area contributed by atoms with Crippen LogP contribution in [0.5, 0.6) is 5.75 Å². The predicted octanol–water partition coefficient (Wildman–Crippen LogP) is 1.67. The van der Waals surface area contributed by atoms with Gasteiger partial charge in [-0.05, 0) is 63.0 Å². The molecule has 0 radical (unpaired) electrons. The summed E-state index contributed by atoms with van der Waals surface area (Å²) in [5, 5.41) is 6.05. The van der Waals surface area contributed by atoms with Crippen LogP contribution in [0.15, 0.2) is 24.3 Å². The molecule has 0 saturated carbocycles. The standard InChI is InChI=1S/C19H25F2N3O4/c1-27-19(8-10-22-11-9-19)17(26)23-15-3-2-12-24(16(15)25)13-4-6-14(7-5-13)28-18(20)21/h4-7,15,18,22H,2-3,8-12H2,1H3,(H,23,26). The fourth-order valence-corrected chi connectivity index (χ4v) is 3.72. The summed E-state index contributed by atoms with van der Waals surface area (Å²) in [4.78, 5) is 27.3. The third kappa shape index (κ3) is 4.41. The van der Waals surface area contributed by atoms with Crippen molar-refractivity contribution in [3.8, 4) is 5.75 Å². The van der Waals surface area contributed by atoms with Crippen molar-refractivity contribution in [1.29, 1.82) is 0 Å². The SMILES string of the molecule is COC1(C(=O)NC2CCCN(c3ccc(OC(F)F)cc3)C2=O)CCNCC1. The van der Waals surface area contributed by atoms with Crippen LogP contribution in [-0.2, 0) is 14.3 Å². The second kappa shape index (κ2) is 8.83. The lowest BCUT2D eigenvalue weighted by Gasteiger charge is -2.38. The maximum Gasteiger partial charge on any atom is 0.387 e. The molecule has 1 aromatic rings. The number of halogens is 2. The smallest absolute Gasteiger partial charge is 0.387 e. The second-order valence-corrected chi connectivity index (χ2v) is 6.98. The Kier molecular flexibility index (Phi) is 6.46. The van der Waals surface area contributed by atoms with Crippen molar-refractivity contribution in [1.82, 2.24) is 10.6 Å². The van der Waals surface area contributed by atoms with Crippen molar-refractivity contribution in [3.05, 3.63) is 24.3 Å². The molecule has 7 nitrogen and oxygen atoms in total. The number of hydrogen-bond acceptors (Lipinski definition) is 5. The Morgan fingerprint density at radius 3 is 2.57 bits per heavy atom. The Labute approximate surface area is 162 Å². The number of hydrogen-bond donors (Lipinski definition) is 2. The summed E-state index contributed by atoms with van der Waals surface area (Å²) in [6.45, 7) is -1.04. The van der Waals surface area contributed by atoms with Crippen molar-refractivity contribution in [2.45, 2.75) is 43.9 Å². The third-order valence-corrected chi connectivity index (χ3v) is 5.33.